The number of rotatable bonds is 6. The predicted octanol–water partition coefficient (Wildman–Crippen LogP) is -0.189. The molecule has 0 fully saturated rings. The summed E-state index contributed by atoms with van der Waals surface area (Å²) in [7, 11) is 0. The minimum Gasteiger partial charge on any atom is -0.691 e. The summed E-state index contributed by atoms with van der Waals surface area (Å²) in [6.45, 7) is -0.249. The number of halogens is 2. The Labute approximate surface area is 168 Å². The Kier molecular flexibility index (Phi) is 6.98. The number of carbonyl (C=O) groups excluding carboxylic acids is 1. The van der Waals surface area contributed by atoms with Crippen molar-refractivity contribution in [2.45, 2.75) is 11.2 Å². The molecule has 1 aliphatic carbocycles. The average molecular weight is 376 g/mol. The molecule has 0 aromatic heterocycles. The first-order valence-electron chi connectivity index (χ1n) is 6.92. The van der Waals surface area contributed by atoms with Gasteiger partial charge >= 0.3 is 40.8 Å². The fourth-order valence-electron chi connectivity index (χ4n) is 2.77. The molecule has 126 valence electrons. The van der Waals surface area contributed by atoms with Crippen LogP contribution in [0.4, 0.5) is 8.78 Å². The van der Waals surface area contributed by atoms with E-state index in [1.165, 1.54) is 0 Å². The molecule has 0 saturated carbocycles. The third kappa shape index (κ3) is 4.22. The predicted molar refractivity (Wildman–Crippen MR) is 79.4 cm³/mol. The standard InChI is InChI=1S/C16H12F2O5S.Na/c17-16(18,24-23-22-20)15(19)21-9-14-12-7-3-1-5-10(12)11-6-2-4-8-13(11)14;/h1-8,14,20H,9H2;/q;+1/p-1. The van der Waals surface area contributed by atoms with E-state index in [0.29, 0.717) is 0 Å². The van der Waals surface area contributed by atoms with Gasteiger partial charge in [-0.1, -0.05) is 48.5 Å². The van der Waals surface area contributed by atoms with Crippen LogP contribution in [0.15, 0.2) is 48.5 Å². The fourth-order valence-corrected chi connectivity index (χ4v) is 3.01. The minimum atomic E-state index is -4.04. The van der Waals surface area contributed by atoms with E-state index in [2.05, 4.69) is 9.37 Å². The monoisotopic (exact) mass is 376 g/mol. The minimum absolute atomic E-state index is 0. The van der Waals surface area contributed by atoms with Crippen LogP contribution in [-0.2, 0) is 18.9 Å². The zero-order valence-electron chi connectivity index (χ0n) is 13.1. The number of benzene rings is 2. The maximum absolute atomic E-state index is 13.4. The summed E-state index contributed by atoms with van der Waals surface area (Å²) in [4.78, 5) is 11.5. The number of carbonyl (C=O) groups is 1. The second kappa shape index (κ2) is 8.59. The van der Waals surface area contributed by atoms with Gasteiger partial charge < -0.3 is 9.99 Å². The quantitative estimate of drug-likeness (QED) is 0.229. The van der Waals surface area contributed by atoms with Gasteiger partial charge in [0.1, 0.15) is 18.6 Å². The fraction of sp³-hybridized carbons (Fsp3) is 0.188. The van der Waals surface area contributed by atoms with E-state index in [9.17, 15) is 18.8 Å². The van der Waals surface area contributed by atoms with Crippen LogP contribution in [0.25, 0.3) is 11.1 Å². The van der Waals surface area contributed by atoms with Crippen LogP contribution in [0.1, 0.15) is 17.0 Å². The largest absolute Gasteiger partial charge is 1.00 e. The molecule has 0 heterocycles. The van der Waals surface area contributed by atoms with Crippen molar-refractivity contribution in [3.05, 3.63) is 59.7 Å². The van der Waals surface area contributed by atoms with Crippen LogP contribution in [-0.4, -0.2) is 17.8 Å². The van der Waals surface area contributed by atoms with Gasteiger partial charge in [0.25, 0.3) is 0 Å². The SMILES string of the molecule is O=C(OCC1c2ccccc2-c2ccccc21)C(F)(F)SOO[O-].[Na+]. The molecule has 5 nitrogen and oxygen atoms in total. The van der Waals surface area contributed by atoms with Crippen molar-refractivity contribution < 1.29 is 62.5 Å². The Morgan fingerprint density at radius 3 is 2.12 bits per heavy atom. The zero-order valence-corrected chi connectivity index (χ0v) is 15.9. The maximum Gasteiger partial charge on any atom is 1.00 e. The number of ether oxygens (including phenoxy) is 1. The van der Waals surface area contributed by atoms with E-state index in [0.717, 1.165) is 22.3 Å². The number of alkyl halides is 2. The summed E-state index contributed by atoms with van der Waals surface area (Å²) in [5, 5.41) is 8.40. The molecule has 2 aromatic carbocycles. The van der Waals surface area contributed by atoms with E-state index in [-0.39, 0.29) is 42.1 Å². The Balaban J connectivity index is 0.00000225. The number of fused-ring (bicyclic) bond motifs is 3. The van der Waals surface area contributed by atoms with Gasteiger partial charge in [-0.05, 0) is 22.3 Å². The van der Waals surface area contributed by atoms with E-state index in [1.807, 2.05) is 48.5 Å². The molecule has 25 heavy (non-hydrogen) atoms. The first-order chi connectivity index (χ1) is 11.5. The van der Waals surface area contributed by atoms with Crippen molar-refractivity contribution in [1.82, 2.24) is 0 Å². The molecule has 0 saturated heterocycles. The van der Waals surface area contributed by atoms with Crippen LogP contribution in [0.5, 0.6) is 0 Å². The van der Waals surface area contributed by atoms with E-state index < -0.39 is 23.3 Å². The van der Waals surface area contributed by atoms with Gasteiger partial charge in [0, 0.05) is 5.92 Å². The maximum atomic E-state index is 13.4. The molecule has 0 radical (unpaired) electrons. The molecule has 0 spiro atoms. The van der Waals surface area contributed by atoms with Crippen molar-refractivity contribution in [3.8, 4) is 11.1 Å². The Bertz CT molecular complexity index is 713. The second-order valence-electron chi connectivity index (χ2n) is 5.06. The van der Waals surface area contributed by atoms with Gasteiger partial charge in [-0.3, -0.25) is 5.04 Å². The molecule has 0 aliphatic heterocycles. The molecule has 0 atom stereocenters. The van der Waals surface area contributed by atoms with Crippen LogP contribution in [0, 0.1) is 0 Å². The van der Waals surface area contributed by atoms with Crippen molar-refractivity contribution in [1.29, 1.82) is 0 Å². The van der Waals surface area contributed by atoms with E-state index in [4.69, 9.17) is 4.74 Å². The average Bonchev–Trinajstić information content (AvgIpc) is 2.92. The zero-order chi connectivity index (χ0) is 17.2. The van der Waals surface area contributed by atoms with Crippen molar-refractivity contribution >= 4 is 18.0 Å². The first-order valence-corrected chi connectivity index (χ1v) is 7.66. The van der Waals surface area contributed by atoms with E-state index in [1.54, 1.807) is 0 Å². The number of hydrogen-bond acceptors (Lipinski definition) is 6. The van der Waals surface area contributed by atoms with Crippen molar-refractivity contribution in [2.24, 2.45) is 0 Å². The van der Waals surface area contributed by atoms with Gasteiger partial charge in [0.2, 0.25) is 0 Å². The van der Waals surface area contributed by atoms with Crippen LogP contribution >= 0.6 is 12.0 Å². The molecular weight excluding hydrogens is 365 g/mol. The molecule has 0 N–H and O–H groups in total. The Morgan fingerprint density at radius 1 is 1.08 bits per heavy atom. The Hall–Kier alpha value is -1.000. The van der Waals surface area contributed by atoms with Gasteiger partial charge in [0.05, 0.1) is 0 Å². The topological polar surface area (TPSA) is 67.8 Å². The Morgan fingerprint density at radius 2 is 1.60 bits per heavy atom. The van der Waals surface area contributed by atoms with Crippen LogP contribution in [0.3, 0.4) is 0 Å². The van der Waals surface area contributed by atoms with Crippen molar-refractivity contribution in [2.75, 3.05) is 6.61 Å². The summed E-state index contributed by atoms with van der Waals surface area (Å²) in [5.41, 5.74) is 3.78. The van der Waals surface area contributed by atoms with Gasteiger partial charge in [0.15, 0.2) is 0 Å². The normalized spacial score (nSPS) is 12.9. The van der Waals surface area contributed by atoms with E-state index >= 15 is 0 Å². The van der Waals surface area contributed by atoms with Crippen LogP contribution < -0.4 is 34.8 Å². The molecule has 3 rings (SSSR count). The first kappa shape index (κ1) is 20.3. The third-order valence-electron chi connectivity index (χ3n) is 3.75. The summed E-state index contributed by atoms with van der Waals surface area (Å²) >= 11 is -0.702. The molecule has 0 amide bonds. The number of esters is 1. The summed E-state index contributed by atoms with van der Waals surface area (Å²) in [5.74, 6) is -2.13. The van der Waals surface area contributed by atoms with Gasteiger partial charge in [-0.15, -0.1) is 0 Å². The van der Waals surface area contributed by atoms with Crippen molar-refractivity contribution in [3.63, 3.8) is 0 Å². The summed E-state index contributed by atoms with van der Waals surface area (Å²) in [6.07, 6.45) is 0. The molecule has 0 bridgehead atoms. The van der Waals surface area contributed by atoms with Gasteiger partial charge in [-0.2, -0.15) is 13.1 Å². The van der Waals surface area contributed by atoms with Gasteiger partial charge in [-0.25, -0.2) is 4.79 Å². The summed E-state index contributed by atoms with van der Waals surface area (Å²) in [6, 6.07) is 15.0. The smallest absolute Gasteiger partial charge is 0.691 e. The molecule has 1 aliphatic rings. The third-order valence-corrected chi connectivity index (χ3v) is 4.25. The second-order valence-corrected chi connectivity index (χ2v) is 5.88. The molecule has 0 unspecified atom stereocenters. The summed E-state index contributed by atoms with van der Waals surface area (Å²) < 4.78 is 35.1. The molecule has 2 aromatic rings. The molecular formula is C16H11F2NaO5S. The molecule has 9 heteroatoms. The number of hydrogen-bond donors (Lipinski definition) is 0. The van der Waals surface area contributed by atoms with Crippen LogP contribution in [0.2, 0.25) is 0 Å².